The van der Waals surface area contributed by atoms with Crippen molar-refractivity contribution in [3.63, 3.8) is 0 Å². The van der Waals surface area contributed by atoms with Gasteiger partial charge in [0, 0.05) is 19.5 Å². The van der Waals surface area contributed by atoms with E-state index in [0.29, 0.717) is 0 Å². The van der Waals surface area contributed by atoms with E-state index in [-0.39, 0.29) is 119 Å². The molecule has 0 rings (SSSR count). The minimum atomic E-state index is 0. The molecule has 0 fully saturated rings. The summed E-state index contributed by atoms with van der Waals surface area (Å²) >= 11 is 0. The van der Waals surface area contributed by atoms with Crippen LogP contribution in [-0.2, 0) is 19.5 Å². The Hall–Kier alpha value is 2.94. The van der Waals surface area contributed by atoms with Gasteiger partial charge in [-0.05, 0) is 0 Å². The third kappa shape index (κ3) is 101. The third-order valence-electron chi connectivity index (χ3n) is 0. The molecular weight excluding hydrogens is 385 g/mol. The van der Waals surface area contributed by atoms with Crippen LogP contribution in [0.25, 0.3) is 0 Å². The molecule has 0 heterocycles. The van der Waals surface area contributed by atoms with Crippen LogP contribution in [0.4, 0.5) is 0 Å². The molecule has 9 heteroatoms. The Labute approximate surface area is 117 Å². The van der Waals surface area contributed by atoms with Gasteiger partial charge >= 0.3 is 0 Å². The van der Waals surface area contributed by atoms with Gasteiger partial charge in [-0.3, -0.25) is 0 Å². The predicted molar refractivity (Wildman–Crippen MR) is 58.0 cm³/mol. The second-order valence-corrected chi connectivity index (χ2v) is 0. The molecular formula is H8Cl8Ru. The first kappa shape index (κ1) is 165. The van der Waals surface area contributed by atoms with Gasteiger partial charge in [-0.25, -0.2) is 0 Å². The SMILES string of the molecule is Cl.Cl.Cl.Cl.Cl.Cl.Cl.Cl.[Ru]. The minimum Gasteiger partial charge on any atom is -0.147 e. The van der Waals surface area contributed by atoms with Gasteiger partial charge in [-0.1, -0.05) is 0 Å². The zero-order valence-electron chi connectivity index (χ0n) is 3.62. The maximum atomic E-state index is 0. The van der Waals surface area contributed by atoms with Crippen molar-refractivity contribution >= 4 is 99.3 Å². The number of hydrogen-bond acceptors (Lipinski definition) is 0. The van der Waals surface area contributed by atoms with E-state index in [2.05, 4.69) is 0 Å². The van der Waals surface area contributed by atoms with E-state index in [1.807, 2.05) is 0 Å². The molecule has 0 amide bonds. The second kappa shape index (κ2) is 125. The van der Waals surface area contributed by atoms with Gasteiger partial charge in [-0.2, -0.15) is 0 Å². The first-order valence-corrected chi connectivity index (χ1v) is 0. The van der Waals surface area contributed by atoms with E-state index in [9.17, 15) is 0 Å². The van der Waals surface area contributed by atoms with Crippen LogP contribution < -0.4 is 0 Å². The maximum Gasteiger partial charge on any atom is 0 e. The van der Waals surface area contributed by atoms with Gasteiger partial charge in [0.1, 0.15) is 0 Å². The van der Waals surface area contributed by atoms with Gasteiger partial charge in [-0.15, -0.1) is 99.3 Å². The molecule has 0 aliphatic rings. The molecule has 0 aromatic rings. The summed E-state index contributed by atoms with van der Waals surface area (Å²) in [5.41, 5.74) is 0. The topological polar surface area (TPSA) is 0 Å². The van der Waals surface area contributed by atoms with Gasteiger partial charge in [0.2, 0.25) is 0 Å². The fraction of sp³-hybridized carbons (Fsp3) is 0. The average Bonchev–Trinajstić information content (AvgIpc) is 0. The molecule has 0 saturated heterocycles. The molecule has 0 N–H and O–H groups in total. The molecule has 0 radical (unpaired) electrons. The number of halogens is 8. The second-order valence-electron chi connectivity index (χ2n) is 0. The standard InChI is InChI=1S/8ClH.Ru/h8*1H;. The predicted octanol–water partition coefficient (Wildman–Crippen LogP) is 3.37. The Kier molecular flexibility index (Phi) is 2290. The summed E-state index contributed by atoms with van der Waals surface area (Å²) in [6, 6.07) is 0. The number of rotatable bonds is 0. The molecule has 0 aliphatic heterocycles. The largest absolute Gasteiger partial charge is 0.147 e. The number of hydrogen-bond donors (Lipinski definition) is 0. The molecule has 0 unspecified atom stereocenters. The van der Waals surface area contributed by atoms with Gasteiger partial charge in [0.25, 0.3) is 0 Å². The molecule has 0 aromatic heterocycles. The van der Waals surface area contributed by atoms with Crippen molar-refractivity contribution in [2.24, 2.45) is 0 Å². The smallest absolute Gasteiger partial charge is 0 e. The molecule has 0 bridgehead atoms. The Bertz CT molecular complexity index is 4.53. The van der Waals surface area contributed by atoms with Gasteiger partial charge in [0.05, 0.1) is 0 Å². The van der Waals surface area contributed by atoms with E-state index in [1.165, 1.54) is 0 Å². The van der Waals surface area contributed by atoms with Crippen molar-refractivity contribution in [1.82, 2.24) is 0 Å². The van der Waals surface area contributed by atoms with E-state index in [4.69, 9.17) is 0 Å². The molecule has 72 valence electrons. The Balaban J connectivity index is 0. The molecule has 0 atom stereocenters. The van der Waals surface area contributed by atoms with Crippen molar-refractivity contribution in [3.05, 3.63) is 0 Å². The normalized spacial score (nSPS) is 0. The average molecular weight is 393 g/mol. The van der Waals surface area contributed by atoms with Crippen molar-refractivity contribution in [2.75, 3.05) is 0 Å². The Morgan fingerprint density at radius 3 is 0.222 bits per heavy atom. The zero-order chi connectivity index (χ0) is 0. The minimum absolute atomic E-state index is 0. The molecule has 0 spiro atoms. The first-order valence-electron chi connectivity index (χ1n) is 0. The quantitative estimate of drug-likeness (QED) is 0.555. The molecule has 9 heavy (non-hydrogen) atoms. The van der Waals surface area contributed by atoms with Crippen molar-refractivity contribution in [3.8, 4) is 0 Å². The fourth-order valence-corrected chi connectivity index (χ4v) is 0. The first-order chi connectivity index (χ1) is 0. The van der Waals surface area contributed by atoms with Crippen LogP contribution in [0.3, 0.4) is 0 Å². The summed E-state index contributed by atoms with van der Waals surface area (Å²) in [6.07, 6.45) is 0. The van der Waals surface area contributed by atoms with Gasteiger partial charge < -0.3 is 0 Å². The van der Waals surface area contributed by atoms with Crippen LogP contribution in [0, 0.1) is 0 Å². The van der Waals surface area contributed by atoms with Crippen molar-refractivity contribution in [1.29, 1.82) is 0 Å². The van der Waals surface area contributed by atoms with Crippen LogP contribution in [-0.4, -0.2) is 0 Å². The third-order valence-corrected chi connectivity index (χ3v) is 0. The molecule has 0 saturated carbocycles. The summed E-state index contributed by atoms with van der Waals surface area (Å²) < 4.78 is 0. The zero-order valence-corrected chi connectivity index (χ0v) is 11.9. The van der Waals surface area contributed by atoms with E-state index < -0.39 is 0 Å². The van der Waals surface area contributed by atoms with Crippen molar-refractivity contribution < 1.29 is 19.5 Å². The molecule has 0 aromatic carbocycles. The summed E-state index contributed by atoms with van der Waals surface area (Å²) in [5.74, 6) is 0. The van der Waals surface area contributed by atoms with Crippen LogP contribution >= 0.6 is 99.3 Å². The molecule has 0 aliphatic carbocycles. The maximum absolute atomic E-state index is 0. The summed E-state index contributed by atoms with van der Waals surface area (Å²) in [6.45, 7) is 0. The monoisotopic (exact) mass is 390 g/mol. The summed E-state index contributed by atoms with van der Waals surface area (Å²) in [4.78, 5) is 0. The van der Waals surface area contributed by atoms with Crippen LogP contribution in [0.2, 0.25) is 0 Å². The van der Waals surface area contributed by atoms with E-state index in [0.717, 1.165) is 0 Å². The van der Waals surface area contributed by atoms with E-state index in [1.54, 1.807) is 0 Å². The van der Waals surface area contributed by atoms with Crippen LogP contribution in [0.1, 0.15) is 0 Å². The summed E-state index contributed by atoms with van der Waals surface area (Å²) in [5, 5.41) is 0. The Morgan fingerprint density at radius 1 is 0.222 bits per heavy atom. The van der Waals surface area contributed by atoms with Crippen molar-refractivity contribution in [2.45, 2.75) is 0 Å². The molecule has 0 nitrogen and oxygen atoms in total. The van der Waals surface area contributed by atoms with Crippen LogP contribution in [0.5, 0.6) is 0 Å². The summed E-state index contributed by atoms with van der Waals surface area (Å²) in [7, 11) is 0. The fourth-order valence-electron chi connectivity index (χ4n) is 0. The van der Waals surface area contributed by atoms with Gasteiger partial charge in [0.15, 0.2) is 0 Å². The Morgan fingerprint density at radius 2 is 0.222 bits per heavy atom. The van der Waals surface area contributed by atoms with Crippen LogP contribution in [0.15, 0.2) is 0 Å². The van der Waals surface area contributed by atoms with E-state index >= 15 is 0 Å².